The van der Waals surface area contributed by atoms with Crippen LogP contribution in [0.5, 0.6) is 17.2 Å². The van der Waals surface area contributed by atoms with E-state index in [2.05, 4.69) is 10.6 Å². The van der Waals surface area contributed by atoms with Crippen LogP contribution >= 0.6 is 0 Å². The fourth-order valence-electron chi connectivity index (χ4n) is 3.40. The quantitative estimate of drug-likeness (QED) is 0.633. The number of fused-ring (bicyclic) bond motifs is 1. The first kappa shape index (κ1) is 22.9. The second-order valence-corrected chi connectivity index (χ2v) is 7.38. The van der Waals surface area contributed by atoms with E-state index in [1.807, 2.05) is 32.9 Å². The molecular formula is C23H26N2O7. The Morgan fingerprint density at radius 1 is 0.969 bits per heavy atom. The van der Waals surface area contributed by atoms with Crippen molar-refractivity contribution in [2.24, 2.45) is 0 Å². The lowest BCUT2D eigenvalue weighted by Gasteiger charge is -2.21. The van der Waals surface area contributed by atoms with E-state index in [4.69, 9.17) is 18.9 Å². The van der Waals surface area contributed by atoms with Crippen LogP contribution in [0, 0.1) is 20.8 Å². The minimum absolute atomic E-state index is 0.155. The van der Waals surface area contributed by atoms with Gasteiger partial charge in [-0.05, 0) is 44.0 Å². The number of carbonyl (C=O) groups excluding carboxylic acids is 3. The standard InChI is InChI=1S/C23H26N2O7/c1-13-7-14(2)21(15(3)8-13)25-19(26)11-24-20(27)12-32-23(28)16-9-17(29-4)22-18(10-16)30-5-6-31-22/h7-10H,5-6,11-12H2,1-4H3,(H,24,27)(H,25,26). The van der Waals surface area contributed by atoms with Gasteiger partial charge >= 0.3 is 5.97 Å². The second-order valence-electron chi connectivity index (χ2n) is 7.38. The number of methoxy groups -OCH3 is 1. The van der Waals surface area contributed by atoms with Crippen molar-refractivity contribution in [2.45, 2.75) is 20.8 Å². The smallest absolute Gasteiger partial charge is 0.338 e. The molecule has 2 aromatic carbocycles. The van der Waals surface area contributed by atoms with Crippen molar-refractivity contribution in [1.29, 1.82) is 0 Å². The summed E-state index contributed by atoms with van der Waals surface area (Å²) < 4.78 is 21.3. The molecular weight excluding hydrogens is 416 g/mol. The highest BCUT2D eigenvalue weighted by molar-refractivity contribution is 5.96. The van der Waals surface area contributed by atoms with Gasteiger partial charge in [-0.2, -0.15) is 0 Å². The van der Waals surface area contributed by atoms with Crippen molar-refractivity contribution in [3.05, 3.63) is 46.5 Å². The highest BCUT2D eigenvalue weighted by Crippen LogP contribution is 2.40. The lowest BCUT2D eigenvalue weighted by atomic mass is 10.1. The van der Waals surface area contributed by atoms with Crippen LogP contribution < -0.4 is 24.8 Å². The third-order valence-electron chi connectivity index (χ3n) is 4.79. The van der Waals surface area contributed by atoms with Crippen molar-refractivity contribution >= 4 is 23.5 Å². The SMILES string of the molecule is COc1cc(C(=O)OCC(=O)NCC(=O)Nc2c(C)cc(C)cc2C)cc2c1OCCO2. The van der Waals surface area contributed by atoms with Gasteiger partial charge < -0.3 is 29.6 Å². The molecule has 2 amide bonds. The van der Waals surface area contributed by atoms with E-state index in [0.29, 0.717) is 36.1 Å². The van der Waals surface area contributed by atoms with E-state index in [9.17, 15) is 14.4 Å². The van der Waals surface area contributed by atoms with Crippen molar-refractivity contribution in [2.75, 3.05) is 38.8 Å². The van der Waals surface area contributed by atoms with Crippen LogP contribution in [-0.4, -0.2) is 51.3 Å². The van der Waals surface area contributed by atoms with Gasteiger partial charge in [0.15, 0.2) is 18.1 Å². The molecule has 2 N–H and O–H groups in total. The van der Waals surface area contributed by atoms with Crippen molar-refractivity contribution in [1.82, 2.24) is 5.32 Å². The van der Waals surface area contributed by atoms with Crippen LogP contribution in [0.4, 0.5) is 5.69 Å². The number of nitrogens with one attached hydrogen (secondary N) is 2. The maximum atomic E-state index is 12.4. The molecule has 0 aromatic heterocycles. The molecule has 1 aliphatic heterocycles. The highest BCUT2D eigenvalue weighted by atomic mass is 16.6. The Morgan fingerprint density at radius 2 is 1.66 bits per heavy atom. The van der Waals surface area contributed by atoms with Gasteiger partial charge in [0, 0.05) is 5.69 Å². The van der Waals surface area contributed by atoms with Crippen molar-refractivity contribution < 1.29 is 33.3 Å². The van der Waals surface area contributed by atoms with Gasteiger partial charge in [0.25, 0.3) is 5.91 Å². The van der Waals surface area contributed by atoms with Gasteiger partial charge in [0.2, 0.25) is 11.7 Å². The van der Waals surface area contributed by atoms with Gasteiger partial charge in [-0.15, -0.1) is 0 Å². The van der Waals surface area contributed by atoms with E-state index in [1.54, 1.807) is 0 Å². The molecule has 0 bridgehead atoms. The van der Waals surface area contributed by atoms with Crippen LogP contribution in [0.1, 0.15) is 27.0 Å². The molecule has 0 saturated heterocycles. The molecule has 9 nitrogen and oxygen atoms in total. The number of rotatable bonds is 7. The predicted molar refractivity (Wildman–Crippen MR) is 117 cm³/mol. The summed E-state index contributed by atoms with van der Waals surface area (Å²) >= 11 is 0. The van der Waals surface area contributed by atoms with Gasteiger partial charge in [0.05, 0.1) is 19.2 Å². The topological polar surface area (TPSA) is 112 Å². The zero-order chi connectivity index (χ0) is 23.3. The summed E-state index contributed by atoms with van der Waals surface area (Å²) in [5, 5.41) is 5.23. The molecule has 0 spiro atoms. The van der Waals surface area contributed by atoms with E-state index in [0.717, 1.165) is 16.7 Å². The summed E-state index contributed by atoms with van der Waals surface area (Å²) in [7, 11) is 1.45. The summed E-state index contributed by atoms with van der Waals surface area (Å²) in [5.41, 5.74) is 3.84. The number of hydrogen-bond donors (Lipinski definition) is 2. The van der Waals surface area contributed by atoms with Crippen LogP contribution in [0.2, 0.25) is 0 Å². The molecule has 1 heterocycles. The van der Waals surface area contributed by atoms with Gasteiger partial charge in [-0.3, -0.25) is 9.59 Å². The molecule has 3 rings (SSSR count). The average molecular weight is 442 g/mol. The highest BCUT2D eigenvalue weighted by Gasteiger charge is 2.22. The normalized spacial score (nSPS) is 12.0. The summed E-state index contributed by atoms with van der Waals surface area (Å²) in [4.78, 5) is 36.6. The van der Waals surface area contributed by atoms with E-state index >= 15 is 0 Å². The van der Waals surface area contributed by atoms with Crippen LogP contribution in [-0.2, 0) is 14.3 Å². The Balaban J connectivity index is 1.51. The lowest BCUT2D eigenvalue weighted by Crippen LogP contribution is -2.35. The molecule has 0 radical (unpaired) electrons. The summed E-state index contributed by atoms with van der Waals surface area (Å²) in [5.74, 6) is -0.599. The number of hydrogen-bond acceptors (Lipinski definition) is 7. The minimum Gasteiger partial charge on any atom is -0.493 e. The zero-order valence-electron chi connectivity index (χ0n) is 18.5. The third kappa shape index (κ3) is 5.48. The van der Waals surface area contributed by atoms with Gasteiger partial charge in [-0.25, -0.2) is 4.79 Å². The monoisotopic (exact) mass is 442 g/mol. The predicted octanol–water partition coefficient (Wildman–Crippen LogP) is 2.30. The van der Waals surface area contributed by atoms with Crippen LogP contribution in [0.25, 0.3) is 0 Å². The summed E-state index contributed by atoms with van der Waals surface area (Å²) in [6.45, 7) is 5.73. The first-order valence-electron chi connectivity index (χ1n) is 10.1. The zero-order valence-corrected chi connectivity index (χ0v) is 18.5. The molecule has 0 saturated carbocycles. The number of benzene rings is 2. The Bertz CT molecular complexity index is 1010. The molecule has 32 heavy (non-hydrogen) atoms. The number of carbonyl (C=O) groups is 3. The first-order chi connectivity index (χ1) is 15.3. The lowest BCUT2D eigenvalue weighted by molar-refractivity contribution is -0.126. The second kappa shape index (κ2) is 10.0. The number of ether oxygens (including phenoxy) is 4. The maximum Gasteiger partial charge on any atom is 0.338 e. The van der Waals surface area contributed by atoms with E-state index < -0.39 is 18.5 Å². The summed E-state index contributed by atoms with van der Waals surface area (Å²) in [6.07, 6.45) is 0. The molecule has 2 aromatic rings. The van der Waals surface area contributed by atoms with Crippen molar-refractivity contribution in [3.63, 3.8) is 0 Å². The average Bonchev–Trinajstić information content (AvgIpc) is 2.77. The summed E-state index contributed by atoms with van der Waals surface area (Å²) in [6, 6.07) is 6.85. The van der Waals surface area contributed by atoms with Crippen molar-refractivity contribution in [3.8, 4) is 17.2 Å². The maximum absolute atomic E-state index is 12.4. The molecule has 9 heteroatoms. The third-order valence-corrected chi connectivity index (χ3v) is 4.79. The van der Waals surface area contributed by atoms with E-state index in [-0.39, 0.29) is 18.0 Å². The van der Waals surface area contributed by atoms with Crippen LogP contribution in [0.3, 0.4) is 0 Å². The fourth-order valence-corrected chi connectivity index (χ4v) is 3.40. The largest absolute Gasteiger partial charge is 0.493 e. The Labute approximate surface area is 186 Å². The minimum atomic E-state index is -0.731. The Hall–Kier alpha value is -3.75. The number of esters is 1. The molecule has 0 aliphatic carbocycles. The number of aryl methyl sites for hydroxylation is 3. The molecule has 0 atom stereocenters. The van der Waals surface area contributed by atoms with Crippen LogP contribution in [0.15, 0.2) is 24.3 Å². The fraction of sp³-hybridized carbons (Fsp3) is 0.348. The number of anilines is 1. The number of amides is 2. The molecule has 0 unspecified atom stereocenters. The first-order valence-corrected chi connectivity index (χ1v) is 10.1. The Morgan fingerprint density at radius 3 is 2.34 bits per heavy atom. The molecule has 0 fully saturated rings. The Kier molecular flexibility index (Phi) is 7.19. The molecule has 1 aliphatic rings. The van der Waals surface area contributed by atoms with Gasteiger partial charge in [0.1, 0.15) is 13.2 Å². The van der Waals surface area contributed by atoms with E-state index in [1.165, 1.54) is 19.2 Å². The molecule has 170 valence electrons. The van der Waals surface area contributed by atoms with Gasteiger partial charge in [-0.1, -0.05) is 17.7 Å².